The van der Waals surface area contributed by atoms with Gasteiger partial charge in [0.2, 0.25) is 0 Å². The van der Waals surface area contributed by atoms with Crippen LogP contribution in [0.3, 0.4) is 0 Å². The van der Waals surface area contributed by atoms with Crippen LogP contribution in [0.15, 0.2) is 54.5 Å². The Morgan fingerprint density at radius 3 is 2.77 bits per heavy atom. The summed E-state index contributed by atoms with van der Waals surface area (Å²) < 4.78 is 8.35. The molecule has 1 saturated heterocycles. The highest BCUT2D eigenvalue weighted by Crippen LogP contribution is 2.36. The largest absolute Gasteiger partial charge is 0.461 e. The lowest BCUT2D eigenvalue weighted by Crippen LogP contribution is -2.33. The van der Waals surface area contributed by atoms with E-state index in [-0.39, 0.29) is 6.17 Å². The first-order valence-electron chi connectivity index (χ1n) is 11.3. The highest BCUT2D eigenvalue weighted by molar-refractivity contribution is 5.66. The SMILES string of the molecule is CC1CC=CC=C1Oc1ccc(-c2nc([C@@H]3CCCNC3)n3c2C(N)N(C)C=C3)cc1. The number of hydrogen-bond acceptors (Lipinski definition) is 5. The van der Waals surface area contributed by atoms with Crippen LogP contribution >= 0.6 is 0 Å². The Hall–Kier alpha value is -2.83. The van der Waals surface area contributed by atoms with Gasteiger partial charge in [0, 0.05) is 43.4 Å². The molecule has 0 saturated carbocycles. The molecule has 3 atom stereocenters. The molecule has 31 heavy (non-hydrogen) atoms. The van der Waals surface area contributed by atoms with Crippen molar-refractivity contribution in [1.29, 1.82) is 0 Å². The molecular weight excluding hydrogens is 386 g/mol. The molecule has 5 rings (SSSR count). The van der Waals surface area contributed by atoms with Crippen molar-refractivity contribution in [1.82, 2.24) is 19.8 Å². The fourth-order valence-corrected chi connectivity index (χ4v) is 4.61. The number of allylic oxidation sites excluding steroid dienone is 4. The van der Waals surface area contributed by atoms with Gasteiger partial charge in [0.25, 0.3) is 0 Å². The number of piperidine rings is 1. The lowest BCUT2D eigenvalue weighted by molar-refractivity contribution is 0.326. The van der Waals surface area contributed by atoms with Gasteiger partial charge in [0.05, 0.1) is 11.4 Å². The molecule has 0 amide bonds. The molecule has 162 valence electrons. The fourth-order valence-electron chi connectivity index (χ4n) is 4.61. The second-order valence-electron chi connectivity index (χ2n) is 8.79. The Balaban J connectivity index is 1.48. The number of nitrogens with two attached hydrogens (primary N) is 1. The summed E-state index contributed by atoms with van der Waals surface area (Å²) in [6.07, 6.45) is 13.5. The molecule has 2 aromatic rings. The molecule has 2 unspecified atom stereocenters. The Kier molecular flexibility index (Phi) is 5.42. The summed E-state index contributed by atoms with van der Waals surface area (Å²) in [7, 11) is 2.01. The summed E-state index contributed by atoms with van der Waals surface area (Å²) in [6.45, 7) is 4.23. The normalized spacial score (nSPS) is 25.3. The van der Waals surface area contributed by atoms with E-state index >= 15 is 0 Å². The van der Waals surface area contributed by atoms with Crippen LogP contribution in [0.5, 0.6) is 5.75 Å². The van der Waals surface area contributed by atoms with E-state index in [1.165, 1.54) is 6.42 Å². The maximum absolute atomic E-state index is 6.60. The molecule has 1 aromatic carbocycles. The summed E-state index contributed by atoms with van der Waals surface area (Å²) in [5, 5.41) is 3.51. The molecule has 3 heterocycles. The molecule has 0 bridgehead atoms. The monoisotopic (exact) mass is 417 g/mol. The Labute approximate surface area is 184 Å². The third kappa shape index (κ3) is 3.82. The zero-order chi connectivity index (χ0) is 21.4. The molecule has 6 nitrogen and oxygen atoms in total. The maximum atomic E-state index is 6.60. The number of nitrogens with one attached hydrogen (secondary N) is 1. The smallest absolute Gasteiger partial charge is 0.126 e. The lowest BCUT2D eigenvalue weighted by atomic mass is 9.99. The van der Waals surface area contributed by atoms with E-state index < -0.39 is 0 Å². The van der Waals surface area contributed by atoms with Gasteiger partial charge in [-0.25, -0.2) is 4.98 Å². The van der Waals surface area contributed by atoms with Crippen molar-refractivity contribution < 1.29 is 4.74 Å². The quantitative estimate of drug-likeness (QED) is 0.780. The van der Waals surface area contributed by atoms with Crippen molar-refractivity contribution in [3.63, 3.8) is 0 Å². The molecule has 1 fully saturated rings. The van der Waals surface area contributed by atoms with Crippen molar-refractivity contribution in [2.45, 2.75) is 38.3 Å². The standard InChI is InChI=1S/C25H31N5O/c1-17-6-3-4-8-21(17)31-20-11-9-18(10-12-20)22-23-24(26)29(2)14-15-30(23)25(28-22)19-7-5-13-27-16-19/h3-4,8-12,14-15,17,19,24,27H,5-7,13,16,26H2,1-2H3/t17?,19-,24?/m1/s1. The van der Waals surface area contributed by atoms with Gasteiger partial charge < -0.3 is 25.3 Å². The molecule has 0 spiro atoms. The second-order valence-corrected chi connectivity index (χ2v) is 8.79. The molecule has 0 radical (unpaired) electrons. The van der Waals surface area contributed by atoms with Crippen LogP contribution in [0.25, 0.3) is 17.5 Å². The third-order valence-corrected chi connectivity index (χ3v) is 6.54. The van der Waals surface area contributed by atoms with Gasteiger partial charge >= 0.3 is 0 Å². The topological polar surface area (TPSA) is 68.3 Å². The number of nitrogens with zero attached hydrogens (tertiary/aromatic N) is 3. The fraction of sp³-hybridized carbons (Fsp3) is 0.400. The first-order chi connectivity index (χ1) is 15.1. The van der Waals surface area contributed by atoms with Crippen molar-refractivity contribution in [2.75, 3.05) is 20.1 Å². The van der Waals surface area contributed by atoms with E-state index in [0.717, 1.165) is 60.2 Å². The van der Waals surface area contributed by atoms with Crippen molar-refractivity contribution in [3.8, 4) is 17.0 Å². The van der Waals surface area contributed by atoms with E-state index in [1.54, 1.807) is 0 Å². The van der Waals surface area contributed by atoms with Crippen molar-refractivity contribution in [3.05, 3.63) is 66.0 Å². The zero-order valence-corrected chi connectivity index (χ0v) is 18.3. The number of hydrogen-bond donors (Lipinski definition) is 2. The van der Waals surface area contributed by atoms with Gasteiger partial charge in [-0.2, -0.15) is 0 Å². The van der Waals surface area contributed by atoms with Crippen molar-refractivity contribution >= 4 is 6.20 Å². The minimum atomic E-state index is -0.228. The number of rotatable bonds is 4. The van der Waals surface area contributed by atoms with Crippen LogP contribution in [0.4, 0.5) is 0 Å². The van der Waals surface area contributed by atoms with Crippen LogP contribution in [0.1, 0.15) is 49.8 Å². The molecule has 1 aromatic heterocycles. The van der Waals surface area contributed by atoms with Crippen LogP contribution in [-0.2, 0) is 0 Å². The minimum absolute atomic E-state index is 0.228. The summed E-state index contributed by atoms with van der Waals surface area (Å²) in [6, 6.07) is 8.25. The summed E-state index contributed by atoms with van der Waals surface area (Å²) >= 11 is 0. The first-order valence-corrected chi connectivity index (χ1v) is 11.3. The number of fused-ring (bicyclic) bond motifs is 1. The van der Waals surface area contributed by atoms with Gasteiger partial charge in [0.1, 0.15) is 23.5 Å². The number of ether oxygens (including phenoxy) is 1. The van der Waals surface area contributed by atoms with E-state index in [2.05, 4.69) is 53.4 Å². The predicted molar refractivity (Wildman–Crippen MR) is 124 cm³/mol. The Bertz CT molecular complexity index is 1030. The molecule has 3 aliphatic rings. The van der Waals surface area contributed by atoms with E-state index in [0.29, 0.717) is 11.8 Å². The molecule has 3 N–H and O–H groups in total. The van der Waals surface area contributed by atoms with E-state index in [4.69, 9.17) is 15.5 Å². The van der Waals surface area contributed by atoms with Crippen LogP contribution < -0.4 is 15.8 Å². The van der Waals surface area contributed by atoms with E-state index in [9.17, 15) is 0 Å². The molecule has 1 aliphatic carbocycles. The first kappa shape index (κ1) is 20.1. The lowest BCUT2D eigenvalue weighted by Gasteiger charge is -2.30. The van der Waals surface area contributed by atoms with Crippen LogP contribution in [0, 0.1) is 5.92 Å². The summed E-state index contributed by atoms with van der Waals surface area (Å²) in [5.74, 6) is 3.76. The van der Waals surface area contributed by atoms with Gasteiger partial charge in [-0.1, -0.05) is 19.1 Å². The van der Waals surface area contributed by atoms with Gasteiger partial charge in [-0.15, -0.1) is 0 Å². The van der Waals surface area contributed by atoms with E-state index in [1.807, 2.05) is 30.3 Å². The molecular formula is C25H31N5O. The molecule has 2 aliphatic heterocycles. The second kappa shape index (κ2) is 8.36. The van der Waals surface area contributed by atoms with Crippen LogP contribution in [-0.4, -0.2) is 34.6 Å². The average Bonchev–Trinajstić information content (AvgIpc) is 3.19. The minimum Gasteiger partial charge on any atom is -0.461 e. The average molecular weight is 418 g/mol. The third-order valence-electron chi connectivity index (χ3n) is 6.54. The summed E-state index contributed by atoms with van der Waals surface area (Å²) in [4.78, 5) is 7.16. The van der Waals surface area contributed by atoms with Gasteiger partial charge in [-0.3, -0.25) is 0 Å². The van der Waals surface area contributed by atoms with Gasteiger partial charge in [0.15, 0.2) is 0 Å². The van der Waals surface area contributed by atoms with Gasteiger partial charge in [-0.05, 0) is 56.1 Å². The highest BCUT2D eigenvalue weighted by Gasteiger charge is 2.30. The Morgan fingerprint density at radius 1 is 1.19 bits per heavy atom. The number of aromatic nitrogens is 2. The van der Waals surface area contributed by atoms with Crippen LogP contribution in [0.2, 0.25) is 0 Å². The predicted octanol–water partition coefficient (Wildman–Crippen LogP) is 4.21. The maximum Gasteiger partial charge on any atom is 0.126 e. The molecule has 6 heteroatoms. The number of benzene rings is 1. The highest BCUT2D eigenvalue weighted by atomic mass is 16.5. The summed E-state index contributed by atoms with van der Waals surface area (Å²) in [5.41, 5.74) is 9.68. The zero-order valence-electron chi connectivity index (χ0n) is 18.3. The Morgan fingerprint density at radius 2 is 2.03 bits per heavy atom. The number of imidazole rings is 1. The van der Waals surface area contributed by atoms with Crippen molar-refractivity contribution in [2.24, 2.45) is 11.7 Å².